The monoisotopic (exact) mass is 325 g/mol. The van der Waals surface area contributed by atoms with Crippen LogP contribution in [0.2, 0.25) is 0 Å². The molecule has 0 heterocycles. The maximum atomic E-state index is 12.6. The van der Waals surface area contributed by atoms with E-state index in [0.717, 1.165) is 6.07 Å². The lowest BCUT2D eigenvalue weighted by molar-refractivity contribution is -0.138. The van der Waals surface area contributed by atoms with E-state index in [0.29, 0.717) is 18.8 Å². The van der Waals surface area contributed by atoms with Crippen molar-refractivity contribution in [3.8, 4) is 0 Å². The topological polar surface area (TPSA) is 21.3 Å². The molecule has 0 aliphatic heterocycles. The standard InChI is InChI=1S/C12H15BrF3NO/c1-8(2)18-6-5-17-9-3-4-11(13)10(7-9)12(14,15)16/h3-4,7-8,17H,5-6H2,1-2H3. The van der Waals surface area contributed by atoms with Gasteiger partial charge >= 0.3 is 6.18 Å². The first kappa shape index (κ1) is 15.3. The highest BCUT2D eigenvalue weighted by Gasteiger charge is 2.33. The minimum atomic E-state index is -4.36. The van der Waals surface area contributed by atoms with Crippen molar-refractivity contribution in [1.82, 2.24) is 0 Å². The molecule has 1 aromatic rings. The highest BCUT2D eigenvalue weighted by molar-refractivity contribution is 9.10. The zero-order valence-corrected chi connectivity index (χ0v) is 11.7. The Morgan fingerprint density at radius 2 is 2.00 bits per heavy atom. The fourth-order valence-corrected chi connectivity index (χ4v) is 1.81. The normalized spacial score (nSPS) is 11.9. The Morgan fingerprint density at radius 1 is 1.33 bits per heavy atom. The first-order chi connectivity index (χ1) is 8.30. The molecule has 1 rings (SSSR count). The van der Waals surface area contributed by atoms with Gasteiger partial charge in [0, 0.05) is 16.7 Å². The van der Waals surface area contributed by atoms with Crippen LogP contribution < -0.4 is 5.32 Å². The van der Waals surface area contributed by atoms with Crippen LogP contribution in [0.15, 0.2) is 22.7 Å². The van der Waals surface area contributed by atoms with Crippen LogP contribution in [0.5, 0.6) is 0 Å². The second-order valence-electron chi connectivity index (χ2n) is 4.04. The molecule has 0 atom stereocenters. The molecule has 18 heavy (non-hydrogen) atoms. The van der Waals surface area contributed by atoms with Crippen LogP contribution in [0.25, 0.3) is 0 Å². The summed E-state index contributed by atoms with van der Waals surface area (Å²) in [6, 6.07) is 4.06. The number of hydrogen-bond donors (Lipinski definition) is 1. The van der Waals surface area contributed by atoms with E-state index in [1.165, 1.54) is 6.07 Å². The highest BCUT2D eigenvalue weighted by atomic mass is 79.9. The van der Waals surface area contributed by atoms with Crippen LogP contribution in [0.4, 0.5) is 18.9 Å². The smallest absolute Gasteiger partial charge is 0.383 e. The molecule has 0 aliphatic carbocycles. The number of anilines is 1. The van der Waals surface area contributed by atoms with Gasteiger partial charge in [-0.2, -0.15) is 13.2 Å². The molecular weight excluding hydrogens is 311 g/mol. The summed E-state index contributed by atoms with van der Waals surface area (Å²) in [4.78, 5) is 0. The van der Waals surface area contributed by atoms with Gasteiger partial charge in [0.2, 0.25) is 0 Å². The van der Waals surface area contributed by atoms with Crippen molar-refractivity contribution in [2.24, 2.45) is 0 Å². The predicted molar refractivity (Wildman–Crippen MR) is 68.7 cm³/mol. The Bertz CT molecular complexity index is 393. The van der Waals surface area contributed by atoms with Crippen molar-refractivity contribution in [3.63, 3.8) is 0 Å². The number of rotatable bonds is 5. The Kier molecular flexibility index (Phi) is 5.47. The lowest BCUT2D eigenvalue weighted by atomic mass is 10.2. The summed E-state index contributed by atoms with van der Waals surface area (Å²) < 4.78 is 43.3. The van der Waals surface area contributed by atoms with Crippen molar-refractivity contribution in [1.29, 1.82) is 0 Å². The number of ether oxygens (including phenoxy) is 1. The van der Waals surface area contributed by atoms with Gasteiger partial charge in [0.25, 0.3) is 0 Å². The molecule has 0 saturated carbocycles. The van der Waals surface area contributed by atoms with E-state index in [-0.39, 0.29) is 10.6 Å². The molecule has 0 fully saturated rings. The Balaban J connectivity index is 2.63. The van der Waals surface area contributed by atoms with Gasteiger partial charge in [-0.3, -0.25) is 0 Å². The quantitative estimate of drug-likeness (QED) is 0.815. The second kappa shape index (κ2) is 6.43. The van der Waals surface area contributed by atoms with Crippen molar-refractivity contribution < 1.29 is 17.9 Å². The minimum absolute atomic E-state index is 0.0407. The van der Waals surface area contributed by atoms with Crippen molar-refractivity contribution >= 4 is 21.6 Å². The Hall–Kier alpha value is -0.750. The van der Waals surface area contributed by atoms with Crippen LogP contribution in [-0.2, 0) is 10.9 Å². The molecule has 0 saturated heterocycles. The lowest BCUT2D eigenvalue weighted by Gasteiger charge is -2.13. The maximum Gasteiger partial charge on any atom is 0.417 e. The summed E-state index contributed by atoms with van der Waals surface area (Å²) in [5, 5.41) is 2.89. The van der Waals surface area contributed by atoms with Crippen LogP contribution in [0.3, 0.4) is 0 Å². The van der Waals surface area contributed by atoms with Crippen molar-refractivity contribution in [2.75, 3.05) is 18.5 Å². The molecule has 6 heteroatoms. The highest BCUT2D eigenvalue weighted by Crippen LogP contribution is 2.36. The minimum Gasteiger partial charge on any atom is -0.383 e. The van der Waals surface area contributed by atoms with Gasteiger partial charge in [-0.25, -0.2) is 0 Å². The summed E-state index contributed by atoms with van der Waals surface area (Å²) in [5.74, 6) is 0. The summed E-state index contributed by atoms with van der Waals surface area (Å²) in [6.07, 6.45) is -4.24. The van der Waals surface area contributed by atoms with Gasteiger partial charge in [-0.1, -0.05) is 15.9 Å². The van der Waals surface area contributed by atoms with Crippen LogP contribution in [0, 0.1) is 0 Å². The summed E-state index contributed by atoms with van der Waals surface area (Å²) in [6.45, 7) is 4.73. The molecule has 0 aliphatic rings. The molecule has 0 spiro atoms. The second-order valence-corrected chi connectivity index (χ2v) is 4.89. The van der Waals surface area contributed by atoms with Crippen molar-refractivity contribution in [2.45, 2.75) is 26.1 Å². The first-order valence-corrected chi connectivity index (χ1v) is 6.32. The van der Waals surface area contributed by atoms with E-state index in [1.807, 2.05) is 13.8 Å². The SMILES string of the molecule is CC(C)OCCNc1ccc(Br)c(C(F)(F)F)c1. The van der Waals surface area contributed by atoms with E-state index in [9.17, 15) is 13.2 Å². The summed E-state index contributed by atoms with van der Waals surface area (Å²) >= 11 is 2.89. The average Bonchev–Trinajstić information content (AvgIpc) is 2.24. The summed E-state index contributed by atoms with van der Waals surface area (Å²) in [5.41, 5.74) is -0.254. The third-order valence-corrected chi connectivity index (χ3v) is 2.85. The molecule has 0 unspecified atom stereocenters. The third kappa shape index (κ3) is 4.86. The molecule has 0 radical (unpaired) electrons. The molecule has 102 valence electrons. The number of alkyl halides is 3. The molecule has 2 nitrogen and oxygen atoms in total. The predicted octanol–water partition coefficient (Wildman–Crippen LogP) is 4.30. The van der Waals surface area contributed by atoms with E-state index >= 15 is 0 Å². The van der Waals surface area contributed by atoms with Gasteiger partial charge in [0.15, 0.2) is 0 Å². The van der Waals surface area contributed by atoms with E-state index < -0.39 is 11.7 Å². The van der Waals surface area contributed by atoms with E-state index in [1.54, 1.807) is 6.07 Å². The fourth-order valence-electron chi connectivity index (χ4n) is 1.34. The maximum absolute atomic E-state index is 12.6. The lowest BCUT2D eigenvalue weighted by Crippen LogP contribution is -2.14. The molecule has 0 aromatic heterocycles. The molecule has 0 bridgehead atoms. The zero-order chi connectivity index (χ0) is 13.8. The van der Waals surface area contributed by atoms with Crippen molar-refractivity contribution in [3.05, 3.63) is 28.2 Å². The van der Waals surface area contributed by atoms with E-state index in [2.05, 4.69) is 21.2 Å². The van der Waals surface area contributed by atoms with Gasteiger partial charge in [-0.15, -0.1) is 0 Å². The number of halogens is 4. The number of hydrogen-bond acceptors (Lipinski definition) is 2. The molecule has 0 amide bonds. The number of benzene rings is 1. The van der Waals surface area contributed by atoms with Crippen LogP contribution >= 0.6 is 15.9 Å². The van der Waals surface area contributed by atoms with Gasteiger partial charge in [-0.05, 0) is 32.0 Å². The van der Waals surface area contributed by atoms with Crippen LogP contribution in [0.1, 0.15) is 19.4 Å². The zero-order valence-electron chi connectivity index (χ0n) is 10.1. The fraction of sp³-hybridized carbons (Fsp3) is 0.500. The molecular formula is C12H15BrF3NO. The third-order valence-electron chi connectivity index (χ3n) is 2.15. The number of nitrogens with one attached hydrogen (secondary N) is 1. The average molecular weight is 326 g/mol. The Morgan fingerprint density at radius 3 is 2.56 bits per heavy atom. The van der Waals surface area contributed by atoms with Gasteiger partial charge < -0.3 is 10.1 Å². The largest absolute Gasteiger partial charge is 0.417 e. The molecule has 1 N–H and O–H groups in total. The van der Waals surface area contributed by atoms with E-state index in [4.69, 9.17) is 4.74 Å². The van der Waals surface area contributed by atoms with Gasteiger partial charge in [0.1, 0.15) is 0 Å². The first-order valence-electron chi connectivity index (χ1n) is 5.53. The van der Waals surface area contributed by atoms with Crippen LogP contribution in [-0.4, -0.2) is 19.3 Å². The Labute approximate surface area is 113 Å². The van der Waals surface area contributed by atoms with Gasteiger partial charge in [0.05, 0.1) is 18.3 Å². The summed E-state index contributed by atoms with van der Waals surface area (Å²) in [7, 11) is 0. The molecule has 1 aromatic carbocycles.